The van der Waals surface area contributed by atoms with E-state index in [1.54, 1.807) is 28.0 Å². The molecular weight excluding hydrogens is 571 g/mol. The van der Waals surface area contributed by atoms with Gasteiger partial charge in [0.2, 0.25) is 5.91 Å². The molecule has 0 N–H and O–H groups in total. The van der Waals surface area contributed by atoms with Gasteiger partial charge in [-0.1, -0.05) is 42.1 Å². The number of piperazine rings is 1. The van der Waals surface area contributed by atoms with Crippen LogP contribution in [0.2, 0.25) is 0 Å². The second-order valence-corrected chi connectivity index (χ2v) is 11.7. The Balaban J connectivity index is 1.15. The first-order valence-electron chi connectivity index (χ1n) is 13.2. The Hall–Kier alpha value is -3.64. The predicted octanol–water partition coefficient (Wildman–Crippen LogP) is 6.26. The summed E-state index contributed by atoms with van der Waals surface area (Å²) in [7, 11) is 0. The second-order valence-electron chi connectivity index (χ2n) is 9.67. The Bertz CT molecular complexity index is 1490. The van der Waals surface area contributed by atoms with Crippen molar-refractivity contribution in [2.45, 2.75) is 37.1 Å². The van der Waals surface area contributed by atoms with Crippen LogP contribution < -0.4 is 0 Å². The summed E-state index contributed by atoms with van der Waals surface area (Å²) in [5.74, 6) is 0.977. The fourth-order valence-electron chi connectivity index (χ4n) is 4.76. The highest BCUT2D eigenvalue weighted by atomic mass is 32.2. The number of carbonyl (C=O) groups excluding carboxylic acids is 2. The number of benzene rings is 2. The van der Waals surface area contributed by atoms with Crippen LogP contribution in [0.15, 0.2) is 77.3 Å². The minimum atomic E-state index is -4.52. The molecule has 1 unspecified atom stereocenters. The summed E-state index contributed by atoms with van der Waals surface area (Å²) in [4.78, 5) is 30.2. The Morgan fingerprint density at radius 1 is 1.02 bits per heavy atom. The van der Waals surface area contributed by atoms with Gasteiger partial charge < -0.3 is 9.80 Å². The number of para-hydroxylation sites is 1. The van der Waals surface area contributed by atoms with E-state index >= 15 is 0 Å². The van der Waals surface area contributed by atoms with Gasteiger partial charge in [-0.3, -0.25) is 14.2 Å². The van der Waals surface area contributed by atoms with E-state index in [0.717, 1.165) is 33.7 Å². The second kappa shape index (κ2) is 12.5. The van der Waals surface area contributed by atoms with E-state index in [9.17, 15) is 22.8 Å². The third kappa shape index (κ3) is 6.65. The lowest BCUT2D eigenvalue weighted by Gasteiger charge is -2.40. The summed E-state index contributed by atoms with van der Waals surface area (Å²) in [5, 5.41) is 11.6. The van der Waals surface area contributed by atoms with Crippen LogP contribution in [-0.2, 0) is 11.0 Å². The van der Waals surface area contributed by atoms with E-state index in [1.807, 2.05) is 59.3 Å². The molecule has 1 fully saturated rings. The standard InChI is InChI=1S/C29H28F3N5O2S2/c1-20-19-35(14-15-36(20)27(39)21-8-5-9-22(18-21)29(30,31)32)25(38)13-7-17-41-28-34-33-26(24-12-6-16-40-24)37(28)23-10-3-2-4-11-23/h2-6,8-12,16,18,20H,7,13-15,17,19H2,1H3. The number of alkyl halides is 3. The van der Waals surface area contributed by atoms with Gasteiger partial charge >= 0.3 is 6.18 Å². The average molecular weight is 600 g/mol. The monoisotopic (exact) mass is 599 g/mol. The molecule has 3 heterocycles. The van der Waals surface area contributed by atoms with Crippen molar-refractivity contribution in [3.05, 3.63) is 83.2 Å². The van der Waals surface area contributed by atoms with Gasteiger partial charge in [-0.15, -0.1) is 21.5 Å². The maximum absolute atomic E-state index is 13.1. The first-order chi connectivity index (χ1) is 19.7. The molecule has 1 aliphatic rings. The van der Waals surface area contributed by atoms with Gasteiger partial charge in [-0.2, -0.15) is 13.2 Å². The molecule has 1 saturated heterocycles. The van der Waals surface area contributed by atoms with Crippen molar-refractivity contribution in [2.75, 3.05) is 25.4 Å². The average Bonchev–Trinajstić information content (AvgIpc) is 3.65. The number of aromatic nitrogens is 3. The summed E-state index contributed by atoms with van der Waals surface area (Å²) >= 11 is 3.14. The first kappa shape index (κ1) is 28.9. The lowest BCUT2D eigenvalue weighted by atomic mass is 10.1. The minimum absolute atomic E-state index is 0.00550. The Labute approximate surface area is 244 Å². The van der Waals surface area contributed by atoms with Crippen molar-refractivity contribution in [1.29, 1.82) is 0 Å². The summed E-state index contributed by atoms with van der Waals surface area (Å²) in [6, 6.07) is 18.0. The maximum Gasteiger partial charge on any atom is 0.416 e. The molecule has 1 aliphatic heterocycles. The molecule has 0 aliphatic carbocycles. The summed E-state index contributed by atoms with van der Waals surface area (Å²) in [6.45, 7) is 2.75. The molecule has 0 bridgehead atoms. The number of hydrogen-bond donors (Lipinski definition) is 0. The van der Waals surface area contributed by atoms with Crippen LogP contribution in [0.1, 0.15) is 35.7 Å². The largest absolute Gasteiger partial charge is 0.416 e. The van der Waals surface area contributed by atoms with E-state index in [2.05, 4.69) is 10.2 Å². The maximum atomic E-state index is 13.1. The van der Waals surface area contributed by atoms with Gasteiger partial charge in [0.1, 0.15) is 0 Å². The van der Waals surface area contributed by atoms with Crippen molar-refractivity contribution < 1.29 is 22.8 Å². The molecule has 0 spiro atoms. The number of hydrogen-bond acceptors (Lipinski definition) is 6. The number of rotatable bonds is 8. The topological polar surface area (TPSA) is 71.3 Å². The van der Waals surface area contributed by atoms with Gasteiger partial charge in [0.25, 0.3) is 5.91 Å². The molecule has 2 aromatic carbocycles. The van der Waals surface area contributed by atoms with E-state index in [-0.39, 0.29) is 24.1 Å². The highest BCUT2D eigenvalue weighted by Crippen LogP contribution is 2.32. The highest BCUT2D eigenvalue weighted by molar-refractivity contribution is 7.99. The molecule has 2 amide bonds. The SMILES string of the molecule is CC1CN(C(=O)CCCSc2nnc(-c3cccs3)n2-c2ccccc2)CCN1C(=O)c1cccc(C(F)(F)F)c1. The van der Waals surface area contributed by atoms with Gasteiger partial charge in [0.05, 0.1) is 10.4 Å². The van der Waals surface area contributed by atoms with Gasteiger partial charge in [0, 0.05) is 49.1 Å². The Kier molecular flexibility index (Phi) is 8.79. The molecule has 214 valence electrons. The van der Waals surface area contributed by atoms with Crippen LogP contribution in [0, 0.1) is 0 Å². The number of amides is 2. The van der Waals surface area contributed by atoms with Crippen LogP contribution in [0.5, 0.6) is 0 Å². The number of nitrogens with zero attached hydrogens (tertiary/aromatic N) is 5. The van der Waals surface area contributed by atoms with E-state index in [1.165, 1.54) is 17.0 Å². The van der Waals surface area contributed by atoms with Gasteiger partial charge in [0.15, 0.2) is 11.0 Å². The van der Waals surface area contributed by atoms with Crippen LogP contribution in [0.25, 0.3) is 16.4 Å². The van der Waals surface area contributed by atoms with E-state index < -0.39 is 17.6 Å². The molecule has 41 heavy (non-hydrogen) atoms. The lowest BCUT2D eigenvalue weighted by Crippen LogP contribution is -2.55. The number of carbonyl (C=O) groups is 2. The lowest BCUT2D eigenvalue weighted by molar-refractivity contribution is -0.137. The van der Waals surface area contributed by atoms with Crippen molar-refractivity contribution in [3.63, 3.8) is 0 Å². The Morgan fingerprint density at radius 2 is 1.83 bits per heavy atom. The summed E-state index contributed by atoms with van der Waals surface area (Å²) in [6.07, 6.45) is -3.54. The van der Waals surface area contributed by atoms with Crippen LogP contribution in [-0.4, -0.2) is 67.8 Å². The van der Waals surface area contributed by atoms with Crippen molar-refractivity contribution in [1.82, 2.24) is 24.6 Å². The molecular formula is C29H28F3N5O2S2. The highest BCUT2D eigenvalue weighted by Gasteiger charge is 2.33. The van der Waals surface area contributed by atoms with Crippen molar-refractivity contribution >= 4 is 34.9 Å². The van der Waals surface area contributed by atoms with E-state index in [4.69, 9.17) is 0 Å². The number of halogens is 3. The Morgan fingerprint density at radius 3 is 2.54 bits per heavy atom. The van der Waals surface area contributed by atoms with E-state index in [0.29, 0.717) is 31.7 Å². The van der Waals surface area contributed by atoms with Crippen molar-refractivity contribution in [2.24, 2.45) is 0 Å². The first-order valence-corrected chi connectivity index (χ1v) is 15.0. The molecule has 0 radical (unpaired) electrons. The molecule has 5 rings (SSSR count). The molecule has 1 atom stereocenters. The summed E-state index contributed by atoms with van der Waals surface area (Å²) < 4.78 is 41.3. The fourth-order valence-corrected chi connectivity index (χ4v) is 6.35. The van der Waals surface area contributed by atoms with Gasteiger partial charge in [-0.25, -0.2) is 0 Å². The van der Waals surface area contributed by atoms with Gasteiger partial charge in [-0.05, 0) is 55.1 Å². The number of thiophene rings is 1. The molecule has 2 aromatic heterocycles. The molecule has 7 nitrogen and oxygen atoms in total. The predicted molar refractivity (Wildman–Crippen MR) is 153 cm³/mol. The smallest absolute Gasteiger partial charge is 0.339 e. The summed E-state index contributed by atoms with van der Waals surface area (Å²) in [5.41, 5.74) is 0.104. The third-order valence-electron chi connectivity index (χ3n) is 6.83. The third-order valence-corrected chi connectivity index (χ3v) is 8.71. The molecule has 0 saturated carbocycles. The van der Waals surface area contributed by atoms with Crippen LogP contribution >= 0.6 is 23.1 Å². The van der Waals surface area contributed by atoms with Crippen molar-refractivity contribution in [3.8, 4) is 16.4 Å². The van der Waals surface area contributed by atoms with Crippen LogP contribution in [0.3, 0.4) is 0 Å². The quantitative estimate of drug-likeness (QED) is 0.177. The minimum Gasteiger partial charge on any atom is -0.339 e. The number of thioether (sulfide) groups is 1. The normalized spacial score (nSPS) is 15.8. The zero-order chi connectivity index (χ0) is 29.0. The zero-order valence-corrected chi connectivity index (χ0v) is 23.9. The fraction of sp³-hybridized carbons (Fsp3) is 0.310. The van der Waals surface area contributed by atoms with Crippen LogP contribution in [0.4, 0.5) is 13.2 Å². The molecule has 4 aromatic rings. The molecule has 12 heteroatoms. The zero-order valence-electron chi connectivity index (χ0n) is 22.3.